The number of aromatic carboxylic acids is 2. The first-order valence-electron chi connectivity index (χ1n) is 10.8. The maximum absolute atomic E-state index is 11.8. The van der Waals surface area contributed by atoms with Crippen LogP contribution in [0, 0.1) is 0 Å². The average Bonchev–Trinajstić information content (AvgIpc) is 2.86. The van der Waals surface area contributed by atoms with Gasteiger partial charge < -0.3 is 19.7 Å². The molecule has 0 saturated carbocycles. The summed E-state index contributed by atoms with van der Waals surface area (Å²) in [7, 11) is 0. The summed E-state index contributed by atoms with van der Waals surface area (Å²) in [5, 5.41) is 39.2. The van der Waals surface area contributed by atoms with E-state index < -0.39 is 11.9 Å². The fraction of sp³-hybridized carbons (Fsp3) is 0.154. The van der Waals surface area contributed by atoms with Gasteiger partial charge in [-0.1, -0.05) is 18.2 Å². The zero-order valence-corrected chi connectivity index (χ0v) is 18.8. The van der Waals surface area contributed by atoms with Crippen LogP contribution in [0.25, 0.3) is 21.5 Å². The molecule has 0 bridgehead atoms. The van der Waals surface area contributed by atoms with E-state index in [2.05, 4.69) is 9.78 Å². The molecule has 4 aromatic rings. The van der Waals surface area contributed by atoms with E-state index in [1.807, 2.05) is 12.1 Å². The Hall–Kier alpha value is -4.22. The highest BCUT2D eigenvalue weighted by molar-refractivity contribution is 6.00. The highest BCUT2D eigenvalue weighted by atomic mass is 17.1. The van der Waals surface area contributed by atoms with Crippen LogP contribution in [0.5, 0.6) is 11.5 Å². The van der Waals surface area contributed by atoms with Crippen LogP contribution >= 0.6 is 0 Å². The monoisotopic (exact) mass is 494 g/mol. The second-order valence-electron chi connectivity index (χ2n) is 7.91. The average molecular weight is 494 g/mol. The lowest BCUT2D eigenvalue weighted by atomic mass is 10.0. The molecule has 0 aromatic heterocycles. The molecule has 0 spiro atoms. The second kappa shape index (κ2) is 11.0. The number of benzene rings is 4. The summed E-state index contributed by atoms with van der Waals surface area (Å²) in [4.78, 5) is 31.4. The maximum Gasteiger partial charge on any atom is 0.339 e. The lowest BCUT2D eigenvalue weighted by Crippen LogP contribution is -2.12. The van der Waals surface area contributed by atoms with Crippen molar-refractivity contribution in [3.63, 3.8) is 0 Å². The maximum atomic E-state index is 11.8. The van der Waals surface area contributed by atoms with Gasteiger partial charge in [0.05, 0.1) is 5.56 Å². The molecule has 0 heterocycles. The van der Waals surface area contributed by atoms with E-state index in [1.165, 1.54) is 18.2 Å². The summed E-state index contributed by atoms with van der Waals surface area (Å²) >= 11 is 0. The quantitative estimate of drug-likeness (QED) is 0.130. The fourth-order valence-corrected chi connectivity index (χ4v) is 3.85. The van der Waals surface area contributed by atoms with E-state index in [-0.39, 0.29) is 43.3 Å². The molecule has 4 N–H and O–H groups in total. The molecule has 0 atom stereocenters. The van der Waals surface area contributed by atoms with Crippen LogP contribution in [-0.2, 0) is 23.0 Å². The van der Waals surface area contributed by atoms with Crippen molar-refractivity contribution >= 4 is 33.5 Å². The summed E-state index contributed by atoms with van der Waals surface area (Å²) in [6, 6.07) is 16.3. The fourth-order valence-electron chi connectivity index (χ4n) is 3.85. The number of rotatable bonds is 11. The molecular weight excluding hydrogens is 472 g/mol. The van der Waals surface area contributed by atoms with E-state index in [4.69, 9.17) is 25.1 Å². The van der Waals surface area contributed by atoms with Gasteiger partial charge >= 0.3 is 11.9 Å². The first-order chi connectivity index (χ1) is 17.4. The smallest absolute Gasteiger partial charge is 0.339 e. The number of hydrogen-bond donors (Lipinski definition) is 4. The van der Waals surface area contributed by atoms with E-state index in [0.717, 1.165) is 16.3 Å². The van der Waals surface area contributed by atoms with Crippen LogP contribution in [0.2, 0.25) is 0 Å². The summed E-state index contributed by atoms with van der Waals surface area (Å²) in [5.41, 5.74) is 1.27. The molecule has 0 amide bonds. The largest absolute Gasteiger partial charge is 0.490 e. The molecule has 4 rings (SSSR count). The van der Waals surface area contributed by atoms with Crippen LogP contribution in [0.4, 0.5) is 0 Å². The van der Waals surface area contributed by atoms with Gasteiger partial charge in [0.2, 0.25) is 0 Å². The predicted molar refractivity (Wildman–Crippen MR) is 128 cm³/mol. The molecule has 0 fully saturated rings. The normalized spacial score (nSPS) is 11.1. The Balaban J connectivity index is 1.51. The standard InChI is InChI=1S/C26H22O10/c27-25(28)18-4-3-17-12-24(22(26(29)30)10-20(17)8-18)34-6-5-33-23-11-16-2-1-15(13-35-31)7-19(16)9-21(23)14-36-32/h1-4,7-12,31-32H,5-6,13-14H2,(H,27,28)(H,29,30). The molecule has 0 saturated heterocycles. The van der Waals surface area contributed by atoms with Crippen molar-refractivity contribution in [1.29, 1.82) is 0 Å². The summed E-state index contributed by atoms with van der Waals surface area (Å²) in [6.07, 6.45) is 0. The van der Waals surface area contributed by atoms with Crippen molar-refractivity contribution in [1.82, 2.24) is 0 Å². The summed E-state index contributed by atoms with van der Waals surface area (Å²) < 4.78 is 11.5. The Morgan fingerprint density at radius 3 is 1.94 bits per heavy atom. The van der Waals surface area contributed by atoms with Crippen molar-refractivity contribution in [3.05, 3.63) is 82.9 Å². The third-order valence-electron chi connectivity index (χ3n) is 5.55. The zero-order chi connectivity index (χ0) is 25.7. The van der Waals surface area contributed by atoms with Gasteiger partial charge in [0.1, 0.15) is 43.5 Å². The molecule has 0 unspecified atom stereocenters. The van der Waals surface area contributed by atoms with Gasteiger partial charge in [0, 0.05) is 5.56 Å². The number of hydrogen-bond acceptors (Lipinski definition) is 8. The Labute approximate surface area is 204 Å². The van der Waals surface area contributed by atoms with Gasteiger partial charge in [-0.2, -0.15) is 0 Å². The highest BCUT2D eigenvalue weighted by Gasteiger charge is 2.15. The van der Waals surface area contributed by atoms with Gasteiger partial charge in [0.15, 0.2) is 0 Å². The number of carboxylic acid groups (broad SMARTS) is 2. The molecule has 4 aromatic carbocycles. The lowest BCUT2D eigenvalue weighted by Gasteiger charge is -2.15. The molecule has 0 aliphatic heterocycles. The molecule has 36 heavy (non-hydrogen) atoms. The minimum atomic E-state index is -1.21. The minimum absolute atomic E-state index is 0.0171. The van der Waals surface area contributed by atoms with Crippen molar-refractivity contribution in [2.24, 2.45) is 0 Å². The van der Waals surface area contributed by atoms with Crippen molar-refractivity contribution in [2.45, 2.75) is 13.2 Å². The van der Waals surface area contributed by atoms with E-state index in [0.29, 0.717) is 22.1 Å². The predicted octanol–water partition coefficient (Wildman–Crippen LogP) is 4.83. The number of carboxylic acids is 2. The molecule has 10 nitrogen and oxygen atoms in total. The van der Waals surface area contributed by atoms with Crippen molar-refractivity contribution < 1.29 is 49.6 Å². The first-order valence-corrected chi connectivity index (χ1v) is 10.8. The van der Waals surface area contributed by atoms with Crippen LogP contribution in [-0.4, -0.2) is 45.9 Å². The summed E-state index contributed by atoms with van der Waals surface area (Å²) in [5.74, 6) is -1.75. The van der Waals surface area contributed by atoms with E-state index >= 15 is 0 Å². The number of ether oxygens (including phenoxy) is 2. The third kappa shape index (κ3) is 5.53. The topological polar surface area (TPSA) is 152 Å². The lowest BCUT2D eigenvalue weighted by molar-refractivity contribution is -0.253. The van der Waals surface area contributed by atoms with E-state index in [1.54, 1.807) is 30.3 Å². The Kier molecular flexibility index (Phi) is 7.62. The van der Waals surface area contributed by atoms with Crippen molar-refractivity contribution in [2.75, 3.05) is 13.2 Å². The van der Waals surface area contributed by atoms with Crippen LogP contribution in [0.15, 0.2) is 60.7 Å². The van der Waals surface area contributed by atoms with Crippen LogP contribution in [0.1, 0.15) is 31.8 Å². The third-order valence-corrected chi connectivity index (χ3v) is 5.55. The van der Waals surface area contributed by atoms with E-state index in [9.17, 15) is 14.7 Å². The Morgan fingerprint density at radius 2 is 1.28 bits per heavy atom. The Morgan fingerprint density at radius 1 is 0.639 bits per heavy atom. The van der Waals surface area contributed by atoms with Crippen LogP contribution in [0.3, 0.4) is 0 Å². The van der Waals surface area contributed by atoms with Crippen LogP contribution < -0.4 is 9.47 Å². The zero-order valence-electron chi connectivity index (χ0n) is 18.8. The number of carbonyl (C=O) groups is 2. The molecular formula is C26H22O10. The van der Waals surface area contributed by atoms with Gasteiger partial charge in [-0.3, -0.25) is 10.5 Å². The number of fused-ring (bicyclic) bond motifs is 2. The minimum Gasteiger partial charge on any atom is -0.490 e. The first kappa shape index (κ1) is 24.9. The summed E-state index contributed by atoms with van der Waals surface area (Å²) in [6.45, 7) is -0.0110. The molecule has 186 valence electrons. The molecule has 0 aliphatic rings. The van der Waals surface area contributed by atoms with Gasteiger partial charge in [-0.05, 0) is 69.6 Å². The highest BCUT2D eigenvalue weighted by Crippen LogP contribution is 2.29. The molecule has 0 radical (unpaired) electrons. The van der Waals surface area contributed by atoms with Crippen molar-refractivity contribution in [3.8, 4) is 11.5 Å². The SMILES string of the molecule is O=C(O)c1ccc2cc(OCCOc3cc4ccc(COO)cc4cc3COO)c(C(=O)O)cc2c1. The van der Waals surface area contributed by atoms with Gasteiger partial charge in [0.25, 0.3) is 0 Å². The molecule has 10 heteroatoms. The second-order valence-corrected chi connectivity index (χ2v) is 7.91. The van der Waals surface area contributed by atoms with Gasteiger partial charge in [-0.25, -0.2) is 19.4 Å². The Bertz CT molecular complexity index is 1430. The van der Waals surface area contributed by atoms with Gasteiger partial charge in [-0.15, -0.1) is 0 Å². The molecule has 0 aliphatic carbocycles.